The maximum atomic E-state index is 12.8. The smallest absolute Gasteiger partial charge is 0.246 e. The molecule has 1 aliphatic rings. The fourth-order valence-electron chi connectivity index (χ4n) is 4.67. The Bertz CT molecular complexity index is 1460. The van der Waals surface area contributed by atoms with E-state index in [1.165, 1.54) is 0 Å². The van der Waals surface area contributed by atoms with Gasteiger partial charge in [0.05, 0.1) is 23.5 Å². The van der Waals surface area contributed by atoms with Crippen LogP contribution in [0.2, 0.25) is 0 Å². The Balaban J connectivity index is 1.29. The molecular weight excluding hydrogens is 546 g/mol. The molecule has 1 aromatic carbocycles. The summed E-state index contributed by atoms with van der Waals surface area (Å²) >= 11 is 0. The number of unbranched alkanes of at least 4 members (excludes halogenated alkanes) is 1. The number of hydrogen-bond acceptors (Lipinski definition) is 9. The van der Waals surface area contributed by atoms with Crippen molar-refractivity contribution in [3.8, 4) is 11.8 Å². The van der Waals surface area contributed by atoms with Crippen molar-refractivity contribution in [2.75, 3.05) is 64.6 Å². The summed E-state index contributed by atoms with van der Waals surface area (Å²) in [5.74, 6) is 7.23. The van der Waals surface area contributed by atoms with Crippen molar-refractivity contribution in [2.24, 2.45) is 0 Å². The lowest BCUT2D eigenvalue weighted by atomic mass is 10.2. The number of fused-ring (bicyclic) bond motifs is 1. The molecule has 0 bridgehead atoms. The molecule has 3 aromatic rings. The highest BCUT2D eigenvalue weighted by atomic mass is 16.5. The van der Waals surface area contributed by atoms with Gasteiger partial charge in [-0.2, -0.15) is 10.1 Å². The maximum absolute atomic E-state index is 12.8. The zero-order valence-corrected chi connectivity index (χ0v) is 25.2. The molecule has 4 N–H and O–H groups in total. The highest BCUT2D eigenvalue weighted by Gasteiger charge is 2.32. The van der Waals surface area contributed by atoms with E-state index >= 15 is 0 Å². The molecule has 1 unspecified atom stereocenters. The molecule has 1 saturated heterocycles. The van der Waals surface area contributed by atoms with Crippen LogP contribution in [0.1, 0.15) is 37.7 Å². The van der Waals surface area contributed by atoms with Gasteiger partial charge in [-0.15, -0.1) is 0 Å². The first-order chi connectivity index (χ1) is 20.9. The molecule has 12 heteroatoms. The summed E-state index contributed by atoms with van der Waals surface area (Å²) in [6.07, 6.45) is 10.5. The van der Waals surface area contributed by atoms with Gasteiger partial charge >= 0.3 is 0 Å². The highest BCUT2D eigenvalue weighted by molar-refractivity contribution is 5.93. The van der Waals surface area contributed by atoms with Crippen molar-refractivity contribution in [1.82, 2.24) is 35.3 Å². The maximum Gasteiger partial charge on any atom is 0.246 e. The number of benzene rings is 1. The van der Waals surface area contributed by atoms with Gasteiger partial charge in [-0.3, -0.25) is 14.7 Å². The van der Waals surface area contributed by atoms with Crippen LogP contribution in [0.15, 0.2) is 42.7 Å². The van der Waals surface area contributed by atoms with E-state index in [1.54, 1.807) is 30.5 Å². The van der Waals surface area contributed by atoms with E-state index in [9.17, 15) is 9.59 Å². The summed E-state index contributed by atoms with van der Waals surface area (Å²) in [6.45, 7) is 3.09. The first kappa shape index (κ1) is 31.5. The largest absolute Gasteiger partial charge is 0.385 e. The molecule has 0 radical (unpaired) electrons. The van der Waals surface area contributed by atoms with Gasteiger partial charge in [-0.05, 0) is 58.0 Å². The van der Waals surface area contributed by atoms with E-state index < -0.39 is 6.04 Å². The average molecular weight is 588 g/mol. The number of likely N-dealkylation sites (tertiary alicyclic amines) is 1. The molecule has 228 valence electrons. The van der Waals surface area contributed by atoms with E-state index in [4.69, 9.17) is 4.74 Å². The third-order valence-electron chi connectivity index (χ3n) is 6.87. The number of aromatic nitrogens is 4. The first-order valence-electron chi connectivity index (χ1n) is 14.6. The summed E-state index contributed by atoms with van der Waals surface area (Å²) in [7, 11) is 5.56. The molecule has 0 spiro atoms. The van der Waals surface area contributed by atoms with Crippen LogP contribution < -0.4 is 16.0 Å². The standard InChI is InChI=1S/C31H41N9O3/c1-39(2)17-8-12-28(41)40-18-7-11-27(40)30(42)33-15-6-4-5-10-23-21-34-31(37-29(23)32-16-9-19-43-3)36-25-13-14-26-24(20-25)22-35-38-26/h8,12-14,20-22,27H,4,6-7,9,11,15-19H2,1-3H3,(H,33,42)(H,35,38)(H2,32,34,36,37). The van der Waals surface area contributed by atoms with Crippen molar-refractivity contribution >= 4 is 40.2 Å². The molecule has 0 aliphatic carbocycles. The molecule has 1 atom stereocenters. The summed E-state index contributed by atoms with van der Waals surface area (Å²) in [4.78, 5) is 38.1. The molecule has 2 aromatic heterocycles. The van der Waals surface area contributed by atoms with Gasteiger partial charge in [-0.25, -0.2) is 4.98 Å². The second kappa shape index (κ2) is 16.2. The van der Waals surface area contributed by atoms with Gasteiger partial charge in [0.1, 0.15) is 11.9 Å². The third kappa shape index (κ3) is 9.52. The van der Waals surface area contributed by atoms with Crippen LogP contribution in [-0.4, -0.2) is 102 Å². The predicted octanol–water partition coefficient (Wildman–Crippen LogP) is 2.90. The van der Waals surface area contributed by atoms with Crippen molar-refractivity contribution in [2.45, 2.75) is 38.1 Å². The van der Waals surface area contributed by atoms with E-state index in [0.29, 0.717) is 69.4 Å². The Labute approximate surface area is 252 Å². The molecule has 43 heavy (non-hydrogen) atoms. The van der Waals surface area contributed by atoms with Gasteiger partial charge in [0.25, 0.3) is 0 Å². The Morgan fingerprint density at radius 3 is 2.95 bits per heavy atom. The van der Waals surface area contributed by atoms with Gasteiger partial charge in [0.2, 0.25) is 17.8 Å². The van der Waals surface area contributed by atoms with Crippen LogP contribution in [0, 0.1) is 11.8 Å². The monoisotopic (exact) mass is 587 g/mol. The average Bonchev–Trinajstić information content (AvgIpc) is 3.67. The van der Waals surface area contributed by atoms with Crippen LogP contribution in [0.25, 0.3) is 10.9 Å². The lowest BCUT2D eigenvalue weighted by molar-refractivity contribution is -0.135. The highest BCUT2D eigenvalue weighted by Crippen LogP contribution is 2.21. The van der Waals surface area contributed by atoms with Crippen molar-refractivity contribution in [1.29, 1.82) is 0 Å². The van der Waals surface area contributed by atoms with Gasteiger partial charge in [0.15, 0.2) is 0 Å². The minimum atomic E-state index is -0.416. The Morgan fingerprint density at radius 2 is 2.12 bits per heavy atom. The zero-order valence-electron chi connectivity index (χ0n) is 25.2. The second-order valence-corrected chi connectivity index (χ2v) is 10.6. The summed E-state index contributed by atoms with van der Waals surface area (Å²) < 4.78 is 5.16. The van der Waals surface area contributed by atoms with Crippen LogP contribution in [-0.2, 0) is 14.3 Å². The van der Waals surface area contributed by atoms with Crippen molar-refractivity contribution < 1.29 is 14.3 Å². The van der Waals surface area contributed by atoms with E-state index in [-0.39, 0.29) is 11.8 Å². The second-order valence-electron chi connectivity index (χ2n) is 10.6. The van der Waals surface area contributed by atoms with Crippen molar-refractivity contribution in [3.63, 3.8) is 0 Å². The molecule has 2 amide bonds. The number of carbonyl (C=O) groups excluding carboxylic acids is 2. The summed E-state index contributed by atoms with van der Waals surface area (Å²) in [5, 5.41) is 17.6. The minimum Gasteiger partial charge on any atom is -0.385 e. The number of carbonyl (C=O) groups is 2. The third-order valence-corrected chi connectivity index (χ3v) is 6.87. The lowest BCUT2D eigenvalue weighted by Crippen LogP contribution is -2.45. The van der Waals surface area contributed by atoms with Crippen molar-refractivity contribution in [3.05, 3.63) is 48.3 Å². The quantitative estimate of drug-likeness (QED) is 0.127. The number of aromatic amines is 1. The molecule has 12 nitrogen and oxygen atoms in total. The number of nitrogens with one attached hydrogen (secondary N) is 4. The van der Waals surface area contributed by atoms with Gasteiger partial charge in [-0.1, -0.05) is 17.9 Å². The molecule has 1 fully saturated rings. The Kier molecular flexibility index (Phi) is 11.9. The minimum absolute atomic E-state index is 0.106. The number of ether oxygens (including phenoxy) is 1. The number of methoxy groups -OCH3 is 1. The zero-order chi connectivity index (χ0) is 30.4. The molecule has 0 saturated carbocycles. The number of anilines is 3. The number of rotatable bonds is 14. The fraction of sp³-hybridized carbons (Fsp3) is 0.452. The van der Waals surface area contributed by atoms with Gasteiger partial charge in [0, 0.05) is 63.5 Å². The first-order valence-corrected chi connectivity index (χ1v) is 14.6. The Hall–Kier alpha value is -4.47. The topological polar surface area (TPSA) is 140 Å². The van der Waals surface area contributed by atoms with E-state index in [1.807, 2.05) is 43.3 Å². The van der Waals surface area contributed by atoms with Gasteiger partial charge < -0.3 is 30.5 Å². The fourth-order valence-corrected chi connectivity index (χ4v) is 4.67. The van der Waals surface area contributed by atoms with Crippen LogP contribution in [0.5, 0.6) is 0 Å². The number of likely N-dealkylation sites (N-methyl/N-ethyl adjacent to an activating group) is 1. The van der Waals surface area contributed by atoms with Crippen LogP contribution in [0.3, 0.4) is 0 Å². The number of amides is 2. The molecule has 4 rings (SSSR count). The molecule has 3 heterocycles. The van der Waals surface area contributed by atoms with Crippen LogP contribution >= 0.6 is 0 Å². The predicted molar refractivity (Wildman–Crippen MR) is 168 cm³/mol. The number of H-pyrrole nitrogens is 1. The Morgan fingerprint density at radius 1 is 1.23 bits per heavy atom. The molecule has 1 aliphatic heterocycles. The lowest BCUT2D eigenvalue weighted by Gasteiger charge is -2.22. The summed E-state index contributed by atoms with van der Waals surface area (Å²) in [5.41, 5.74) is 2.50. The molecular formula is C31H41N9O3. The van der Waals surface area contributed by atoms with E-state index in [2.05, 4.69) is 48.0 Å². The number of nitrogens with zero attached hydrogens (tertiary/aromatic N) is 5. The SMILES string of the molecule is COCCCNc1nc(Nc2ccc3[nH]ncc3c2)ncc1C#CCCCNC(=O)C1CCCN1C(=O)C=CCN(C)C. The normalized spacial score (nSPS) is 14.7. The summed E-state index contributed by atoms with van der Waals surface area (Å²) in [6, 6.07) is 5.45. The van der Waals surface area contributed by atoms with E-state index in [0.717, 1.165) is 29.4 Å². The number of hydrogen-bond donors (Lipinski definition) is 4. The van der Waals surface area contributed by atoms with Crippen LogP contribution in [0.4, 0.5) is 17.5 Å².